The van der Waals surface area contributed by atoms with Gasteiger partial charge in [-0.1, -0.05) is 24.3 Å². The summed E-state index contributed by atoms with van der Waals surface area (Å²) in [5.74, 6) is 1.00. The average molecular weight is 398 g/mol. The van der Waals surface area contributed by atoms with Crippen molar-refractivity contribution in [2.24, 2.45) is 0 Å². The van der Waals surface area contributed by atoms with Gasteiger partial charge in [-0.05, 0) is 52.3 Å². The number of para-hydroxylation sites is 1. The third-order valence-electron chi connectivity index (χ3n) is 3.66. The van der Waals surface area contributed by atoms with Gasteiger partial charge in [-0.2, -0.15) is 5.26 Å². The van der Waals surface area contributed by atoms with Crippen LogP contribution in [0.2, 0.25) is 0 Å². The Kier molecular flexibility index (Phi) is 5.01. The largest absolute Gasteiger partial charge is 0.497 e. The minimum atomic E-state index is -0.435. The normalized spacial score (nSPS) is 10.2. The van der Waals surface area contributed by atoms with E-state index in [1.807, 2.05) is 18.2 Å². The zero-order chi connectivity index (χ0) is 17.8. The SMILES string of the molecule is COc1ccc(F)c(-c2cccc(Oc3ccccc3Br)c2C#N)c1. The molecule has 3 aromatic carbocycles. The van der Waals surface area contributed by atoms with Gasteiger partial charge in [0.2, 0.25) is 0 Å². The molecule has 0 bridgehead atoms. The minimum absolute atomic E-state index is 0.255. The monoisotopic (exact) mass is 397 g/mol. The van der Waals surface area contributed by atoms with Crippen LogP contribution in [-0.2, 0) is 0 Å². The number of rotatable bonds is 4. The zero-order valence-corrected chi connectivity index (χ0v) is 14.9. The van der Waals surface area contributed by atoms with Crippen LogP contribution in [0.1, 0.15) is 5.56 Å². The lowest BCUT2D eigenvalue weighted by Gasteiger charge is -2.13. The summed E-state index contributed by atoms with van der Waals surface area (Å²) < 4.78 is 26.1. The number of hydrogen-bond donors (Lipinski definition) is 0. The Hall–Kier alpha value is -2.84. The van der Waals surface area contributed by atoms with Gasteiger partial charge >= 0.3 is 0 Å². The van der Waals surface area contributed by atoms with E-state index in [0.29, 0.717) is 22.8 Å². The second-order valence-electron chi connectivity index (χ2n) is 5.17. The molecule has 3 rings (SSSR count). The third-order valence-corrected chi connectivity index (χ3v) is 4.31. The van der Waals surface area contributed by atoms with Gasteiger partial charge in [0.15, 0.2) is 0 Å². The lowest BCUT2D eigenvalue weighted by atomic mass is 9.99. The van der Waals surface area contributed by atoms with Gasteiger partial charge in [0, 0.05) is 11.1 Å². The maximum absolute atomic E-state index is 14.3. The van der Waals surface area contributed by atoms with Gasteiger partial charge in [-0.15, -0.1) is 0 Å². The fourth-order valence-corrected chi connectivity index (χ4v) is 2.81. The summed E-state index contributed by atoms with van der Waals surface area (Å²) in [6.07, 6.45) is 0. The van der Waals surface area contributed by atoms with E-state index in [9.17, 15) is 9.65 Å². The van der Waals surface area contributed by atoms with E-state index < -0.39 is 5.82 Å². The number of nitriles is 1. The number of ether oxygens (including phenoxy) is 2. The highest BCUT2D eigenvalue weighted by atomic mass is 79.9. The van der Waals surface area contributed by atoms with Crippen molar-refractivity contribution < 1.29 is 13.9 Å². The smallest absolute Gasteiger partial charge is 0.145 e. The first kappa shape index (κ1) is 17.0. The molecule has 25 heavy (non-hydrogen) atoms. The number of benzene rings is 3. The second kappa shape index (κ2) is 7.37. The fraction of sp³-hybridized carbons (Fsp3) is 0.0500. The summed E-state index contributed by atoms with van der Waals surface area (Å²) in [7, 11) is 1.51. The highest BCUT2D eigenvalue weighted by Crippen LogP contribution is 2.37. The van der Waals surface area contributed by atoms with Crippen LogP contribution in [0.3, 0.4) is 0 Å². The summed E-state index contributed by atoms with van der Waals surface area (Å²) in [5, 5.41) is 9.63. The molecular weight excluding hydrogens is 385 g/mol. The first-order valence-corrected chi connectivity index (χ1v) is 8.22. The van der Waals surface area contributed by atoms with Gasteiger partial charge in [0.05, 0.1) is 11.6 Å². The first-order chi connectivity index (χ1) is 12.1. The molecule has 0 heterocycles. The average Bonchev–Trinajstić information content (AvgIpc) is 2.64. The molecule has 0 aliphatic rings. The van der Waals surface area contributed by atoms with Gasteiger partial charge < -0.3 is 9.47 Å². The molecule has 0 aromatic heterocycles. The van der Waals surface area contributed by atoms with Crippen LogP contribution in [0.4, 0.5) is 4.39 Å². The number of halogens is 2. The number of methoxy groups -OCH3 is 1. The van der Waals surface area contributed by atoms with Crippen LogP contribution in [-0.4, -0.2) is 7.11 Å². The lowest BCUT2D eigenvalue weighted by Crippen LogP contribution is -1.94. The lowest BCUT2D eigenvalue weighted by molar-refractivity contribution is 0.414. The van der Waals surface area contributed by atoms with Gasteiger partial charge in [-0.25, -0.2) is 4.39 Å². The van der Waals surface area contributed by atoms with E-state index in [-0.39, 0.29) is 11.1 Å². The van der Waals surface area contributed by atoms with Crippen LogP contribution >= 0.6 is 15.9 Å². The molecule has 3 aromatic rings. The first-order valence-electron chi connectivity index (χ1n) is 7.43. The molecule has 0 atom stereocenters. The van der Waals surface area contributed by atoms with Crippen molar-refractivity contribution >= 4 is 15.9 Å². The Balaban J connectivity index is 2.12. The van der Waals surface area contributed by atoms with Crippen LogP contribution in [0, 0.1) is 17.1 Å². The van der Waals surface area contributed by atoms with E-state index in [1.165, 1.54) is 19.2 Å². The Morgan fingerprint density at radius 2 is 1.72 bits per heavy atom. The second-order valence-corrected chi connectivity index (χ2v) is 6.02. The Bertz CT molecular complexity index is 966. The standard InChI is InChI=1S/C20H13BrFNO2/c1-24-13-9-10-18(22)15(11-13)14-5-4-8-19(16(14)12-23)25-20-7-3-2-6-17(20)21/h2-11H,1H3. The van der Waals surface area contributed by atoms with E-state index >= 15 is 0 Å². The van der Waals surface area contributed by atoms with Crippen LogP contribution in [0.5, 0.6) is 17.2 Å². The van der Waals surface area contributed by atoms with Crippen molar-refractivity contribution in [2.75, 3.05) is 7.11 Å². The maximum atomic E-state index is 14.3. The maximum Gasteiger partial charge on any atom is 0.145 e. The van der Waals surface area contributed by atoms with E-state index in [2.05, 4.69) is 22.0 Å². The van der Waals surface area contributed by atoms with E-state index in [4.69, 9.17) is 9.47 Å². The predicted molar refractivity (Wildman–Crippen MR) is 97.3 cm³/mol. The molecule has 0 aliphatic heterocycles. The summed E-state index contributed by atoms with van der Waals surface area (Å²) >= 11 is 3.41. The molecule has 0 unspecified atom stereocenters. The van der Waals surface area contributed by atoms with Crippen molar-refractivity contribution in [1.29, 1.82) is 5.26 Å². The molecule has 0 radical (unpaired) electrons. The van der Waals surface area contributed by atoms with Crippen molar-refractivity contribution in [1.82, 2.24) is 0 Å². The molecule has 3 nitrogen and oxygen atoms in total. The molecule has 124 valence electrons. The quantitative estimate of drug-likeness (QED) is 0.547. The van der Waals surface area contributed by atoms with Gasteiger partial charge in [0.1, 0.15) is 34.7 Å². The summed E-state index contributed by atoms with van der Waals surface area (Å²) in [6, 6.07) is 18.9. The molecule has 0 saturated carbocycles. The highest BCUT2D eigenvalue weighted by molar-refractivity contribution is 9.10. The van der Waals surface area contributed by atoms with E-state index in [0.717, 1.165) is 4.47 Å². The van der Waals surface area contributed by atoms with Crippen molar-refractivity contribution in [2.45, 2.75) is 0 Å². The van der Waals surface area contributed by atoms with Crippen molar-refractivity contribution in [3.8, 4) is 34.4 Å². The Morgan fingerprint density at radius 1 is 0.960 bits per heavy atom. The molecule has 0 amide bonds. The van der Waals surface area contributed by atoms with E-state index in [1.54, 1.807) is 30.3 Å². The predicted octanol–water partition coefficient (Wildman–Crippen LogP) is 5.93. The summed E-state index contributed by atoms with van der Waals surface area (Å²) in [5.41, 5.74) is 0.988. The number of hydrogen-bond acceptors (Lipinski definition) is 3. The fourth-order valence-electron chi connectivity index (χ4n) is 2.44. The van der Waals surface area contributed by atoms with Crippen LogP contribution in [0.25, 0.3) is 11.1 Å². The highest BCUT2D eigenvalue weighted by Gasteiger charge is 2.16. The van der Waals surface area contributed by atoms with Crippen LogP contribution in [0.15, 0.2) is 65.1 Å². The van der Waals surface area contributed by atoms with Gasteiger partial charge in [-0.3, -0.25) is 0 Å². The molecule has 0 fully saturated rings. The zero-order valence-electron chi connectivity index (χ0n) is 13.3. The Labute approximate surface area is 153 Å². The molecular formula is C20H13BrFNO2. The minimum Gasteiger partial charge on any atom is -0.497 e. The molecule has 0 aliphatic carbocycles. The molecule has 0 N–H and O–H groups in total. The Morgan fingerprint density at radius 3 is 2.44 bits per heavy atom. The summed E-state index contributed by atoms with van der Waals surface area (Å²) in [6.45, 7) is 0. The van der Waals surface area contributed by atoms with Crippen molar-refractivity contribution in [3.05, 3.63) is 76.5 Å². The summed E-state index contributed by atoms with van der Waals surface area (Å²) in [4.78, 5) is 0. The third kappa shape index (κ3) is 3.49. The topological polar surface area (TPSA) is 42.2 Å². The van der Waals surface area contributed by atoms with Crippen molar-refractivity contribution in [3.63, 3.8) is 0 Å². The number of nitrogens with zero attached hydrogens (tertiary/aromatic N) is 1. The van der Waals surface area contributed by atoms with Gasteiger partial charge in [0.25, 0.3) is 0 Å². The molecule has 5 heteroatoms. The molecule has 0 saturated heterocycles. The molecule has 0 spiro atoms. The van der Waals surface area contributed by atoms with Crippen LogP contribution < -0.4 is 9.47 Å².